The predicted molar refractivity (Wildman–Crippen MR) is 237 cm³/mol. The van der Waals surface area contributed by atoms with Crippen molar-refractivity contribution in [3.05, 3.63) is 58.7 Å². The third-order valence-corrected chi connectivity index (χ3v) is 12.6. The van der Waals surface area contributed by atoms with Crippen LogP contribution in [0.3, 0.4) is 0 Å². The number of benzene rings is 3. The molecule has 312 valence electrons. The van der Waals surface area contributed by atoms with E-state index in [4.69, 9.17) is 4.98 Å². The number of aromatic amines is 1. The van der Waals surface area contributed by atoms with Crippen LogP contribution in [0.25, 0.3) is 33.2 Å². The van der Waals surface area contributed by atoms with Crippen LogP contribution in [0.1, 0.15) is 198 Å². The molecule has 1 aromatic heterocycles. The number of hydrogen-bond acceptors (Lipinski definition) is 6. The number of rotatable bonds is 24. The fraction of sp³-hybridized carbons (Fsp3) is 0.571. The first-order valence-corrected chi connectivity index (χ1v) is 22.7. The molecule has 2 aliphatic heterocycles. The molecule has 4 aromatic rings. The molecule has 0 radical (unpaired) electrons. The van der Waals surface area contributed by atoms with Gasteiger partial charge in [0.2, 0.25) is 0 Å². The van der Waals surface area contributed by atoms with Crippen LogP contribution in [-0.2, 0) is 0 Å². The average molecular weight is 790 g/mol. The number of carbonyl (C=O) groups excluding carboxylic acids is 4. The Balaban J connectivity index is 1.56. The molecule has 1 N–H and O–H groups in total. The van der Waals surface area contributed by atoms with E-state index < -0.39 is 0 Å². The number of fused-ring (bicyclic) bond motifs is 3. The molecule has 0 spiro atoms. The monoisotopic (exact) mass is 790 g/mol. The molecule has 0 saturated heterocycles. The normalized spacial score (nSPS) is 14.1. The lowest BCUT2D eigenvalue weighted by molar-refractivity contribution is 0.0496. The SMILES string of the molecule is CCCCCCC(CCCCCC)N1C(=O)c2ccc3c4c(c5[nH]c(-c6ccccc6N(C)C)nc5c(c24)C1=O)C(=O)N(C(CCCCCC)CCCCCC)C3=O. The summed E-state index contributed by atoms with van der Waals surface area (Å²) < 4.78 is 0. The van der Waals surface area contributed by atoms with Gasteiger partial charge < -0.3 is 9.88 Å². The highest BCUT2D eigenvalue weighted by Crippen LogP contribution is 2.45. The molecule has 0 unspecified atom stereocenters. The number of unbranched alkanes of at least 4 members (excludes halogenated alkanes) is 12. The molecular formula is C49H67N5O4. The summed E-state index contributed by atoms with van der Waals surface area (Å²) in [5.41, 5.74) is 3.98. The highest BCUT2D eigenvalue weighted by atomic mass is 16.2. The summed E-state index contributed by atoms with van der Waals surface area (Å²) in [6.07, 6.45) is 19.8. The van der Waals surface area contributed by atoms with Crippen molar-refractivity contribution >= 4 is 51.1 Å². The smallest absolute Gasteiger partial charge is 0.263 e. The van der Waals surface area contributed by atoms with Crippen molar-refractivity contribution in [3.63, 3.8) is 0 Å². The molecule has 0 atom stereocenters. The van der Waals surface area contributed by atoms with Gasteiger partial charge in [-0.05, 0) is 49.9 Å². The van der Waals surface area contributed by atoms with E-state index in [1.807, 2.05) is 43.3 Å². The van der Waals surface area contributed by atoms with Crippen LogP contribution in [-0.4, -0.2) is 69.6 Å². The van der Waals surface area contributed by atoms with E-state index in [2.05, 4.69) is 32.7 Å². The van der Waals surface area contributed by atoms with E-state index in [9.17, 15) is 9.59 Å². The highest BCUT2D eigenvalue weighted by Gasteiger charge is 2.45. The maximum atomic E-state index is 15.2. The Morgan fingerprint density at radius 2 is 0.966 bits per heavy atom. The maximum Gasteiger partial charge on any atom is 0.263 e. The van der Waals surface area contributed by atoms with Crippen molar-refractivity contribution < 1.29 is 19.2 Å². The Labute approximate surface area is 346 Å². The highest BCUT2D eigenvalue weighted by molar-refractivity contribution is 6.38. The number of hydrogen-bond donors (Lipinski definition) is 1. The predicted octanol–water partition coefficient (Wildman–Crippen LogP) is 12.3. The van der Waals surface area contributed by atoms with Crippen LogP contribution in [0, 0.1) is 0 Å². The minimum Gasteiger partial charge on any atom is -0.377 e. The Hall–Kier alpha value is -4.53. The molecule has 9 nitrogen and oxygen atoms in total. The van der Waals surface area contributed by atoms with Crippen LogP contribution < -0.4 is 4.90 Å². The third-order valence-electron chi connectivity index (χ3n) is 12.6. The Morgan fingerprint density at radius 3 is 1.41 bits per heavy atom. The summed E-state index contributed by atoms with van der Waals surface area (Å²) in [5, 5.41) is 0.798. The van der Waals surface area contributed by atoms with Crippen molar-refractivity contribution in [2.24, 2.45) is 0 Å². The van der Waals surface area contributed by atoms with E-state index in [1.54, 1.807) is 12.1 Å². The van der Waals surface area contributed by atoms with Crippen LogP contribution in [0.2, 0.25) is 0 Å². The van der Waals surface area contributed by atoms with Crippen LogP contribution in [0.4, 0.5) is 5.69 Å². The molecule has 0 saturated carbocycles. The summed E-state index contributed by atoms with van der Waals surface area (Å²) in [4.78, 5) is 73.9. The largest absolute Gasteiger partial charge is 0.377 e. The van der Waals surface area contributed by atoms with Crippen molar-refractivity contribution in [3.8, 4) is 11.4 Å². The van der Waals surface area contributed by atoms with E-state index in [0.29, 0.717) is 49.9 Å². The van der Waals surface area contributed by atoms with E-state index in [0.717, 1.165) is 140 Å². The minimum absolute atomic E-state index is 0.254. The Morgan fingerprint density at radius 1 is 0.534 bits per heavy atom. The standard InChI is InChI=1S/C49H67N5O4/c1-7-11-15-19-25-33(26-20-16-12-8-2)53-46(55)36-31-32-37-40-39(36)41(48(53)57)43-44(51-45(50-43)35-29-23-24-30-38(35)52(5)6)42(40)49(58)54(47(37)56)34(27-21-17-13-9-3)28-22-18-14-10-4/h23-24,29-34H,7-22,25-28H2,1-6H3,(H,50,51). The Bertz CT molecular complexity index is 1960. The molecule has 6 rings (SSSR count). The molecule has 4 amide bonds. The van der Waals surface area contributed by atoms with Gasteiger partial charge in [-0.15, -0.1) is 0 Å². The number of imidazole rings is 1. The van der Waals surface area contributed by atoms with Crippen molar-refractivity contribution in [2.75, 3.05) is 19.0 Å². The van der Waals surface area contributed by atoms with E-state index in [1.165, 1.54) is 9.80 Å². The molecule has 58 heavy (non-hydrogen) atoms. The van der Waals surface area contributed by atoms with Crippen molar-refractivity contribution in [1.82, 2.24) is 19.8 Å². The summed E-state index contributed by atoms with van der Waals surface area (Å²) in [6, 6.07) is 10.9. The number of imide groups is 2. The molecule has 3 aromatic carbocycles. The second-order valence-corrected chi connectivity index (χ2v) is 17.0. The number of H-pyrrole nitrogens is 1. The van der Waals surface area contributed by atoms with Gasteiger partial charge in [0.15, 0.2) is 0 Å². The van der Waals surface area contributed by atoms with Gasteiger partial charge in [-0.25, -0.2) is 4.98 Å². The summed E-state index contributed by atoms with van der Waals surface area (Å²) in [7, 11) is 3.95. The maximum absolute atomic E-state index is 15.2. The summed E-state index contributed by atoms with van der Waals surface area (Å²) in [6.45, 7) is 8.74. The summed E-state index contributed by atoms with van der Waals surface area (Å²) in [5.74, 6) is -0.899. The fourth-order valence-corrected chi connectivity index (χ4v) is 9.45. The molecule has 2 aliphatic rings. The average Bonchev–Trinajstić information content (AvgIpc) is 3.66. The molecule has 0 bridgehead atoms. The van der Waals surface area contributed by atoms with Gasteiger partial charge in [0, 0.05) is 59.3 Å². The van der Waals surface area contributed by atoms with Crippen LogP contribution in [0.15, 0.2) is 36.4 Å². The fourth-order valence-electron chi connectivity index (χ4n) is 9.45. The summed E-state index contributed by atoms with van der Waals surface area (Å²) >= 11 is 0. The number of nitrogens with zero attached hydrogens (tertiary/aromatic N) is 4. The zero-order valence-corrected chi connectivity index (χ0v) is 36.2. The zero-order valence-electron chi connectivity index (χ0n) is 36.2. The Kier molecular flexibility index (Phi) is 14.8. The molecular weight excluding hydrogens is 723 g/mol. The molecule has 0 aliphatic carbocycles. The van der Waals surface area contributed by atoms with Gasteiger partial charge in [-0.3, -0.25) is 29.0 Å². The number of nitrogens with one attached hydrogen (secondary N) is 1. The third kappa shape index (κ3) is 8.60. The van der Waals surface area contributed by atoms with Gasteiger partial charge in [-0.2, -0.15) is 0 Å². The first kappa shape index (κ1) is 43.1. The zero-order chi connectivity index (χ0) is 41.3. The number of para-hydroxylation sites is 1. The number of anilines is 1. The first-order valence-electron chi connectivity index (χ1n) is 22.7. The van der Waals surface area contributed by atoms with Gasteiger partial charge in [-0.1, -0.05) is 143 Å². The number of carbonyl (C=O) groups is 4. The topological polar surface area (TPSA) is 107 Å². The van der Waals surface area contributed by atoms with Gasteiger partial charge in [0.1, 0.15) is 11.3 Å². The van der Waals surface area contributed by atoms with Gasteiger partial charge in [0.05, 0.1) is 16.6 Å². The molecule has 3 heterocycles. The van der Waals surface area contributed by atoms with Crippen LogP contribution >= 0.6 is 0 Å². The lowest BCUT2D eigenvalue weighted by Crippen LogP contribution is -2.49. The van der Waals surface area contributed by atoms with Crippen LogP contribution in [0.5, 0.6) is 0 Å². The number of aromatic nitrogens is 2. The van der Waals surface area contributed by atoms with Gasteiger partial charge >= 0.3 is 0 Å². The molecule has 9 heteroatoms. The lowest BCUT2D eigenvalue weighted by atomic mass is 9.83. The minimum atomic E-state index is -0.381. The second kappa shape index (κ2) is 20.0. The quantitative estimate of drug-likeness (QED) is 0.0559. The van der Waals surface area contributed by atoms with Crippen molar-refractivity contribution in [1.29, 1.82) is 0 Å². The molecule has 0 fully saturated rings. The van der Waals surface area contributed by atoms with Crippen molar-refractivity contribution in [2.45, 2.75) is 168 Å². The van der Waals surface area contributed by atoms with E-state index >= 15 is 9.59 Å². The number of amides is 4. The second-order valence-electron chi connectivity index (χ2n) is 17.0. The lowest BCUT2D eigenvalue weighted by Gasteiger charge is -2.37. The first-order chi connectivity index (χ1) is 28.2. The van der Waals surface area contributed by atoms with Gasteiger partial charge in [0.25, 0.3) is 23.6 Å². The van der Waals surface area contributed by atoms with E-state index in [-0.39, 0.29) is 35.7 Å².